The first-order valence-electron chi connectivity index (χ1n) is 5.52. The Morgan fingerprint density at radius 1 is 1.23 bits per heavy atom. The lowest BCUT2D eigenvalue weighted by Gasteiger charge is -2.23. The van der Waals surface area contributed by atoms with E-state index in [1.807, 2.05) is 0 Å². The minimum absolute atomic E-state index is 0.617. The van der Waals surface area contributed by atoms with Crippen molar-refractivity contribution in [3.05, 3.63) is 0 Å². The second-order valence-electron chi connectivity index (χ2n) is 4.92. The lowest BCUT2D eigenvalue weighted by Crippen LogP contribution is -2.41. The Labute approximate surface area is 82.7 Å². The Morgan fingerprint density at radius 2 is 1.92 bits per heavy atom. The fraction of sp³-hybridized carbons (Fsp3) is 1.00. The van der Waals surface area contributed by atoms with Crippen LogP contribution in [0.25, 0.3) is 0 Å². The number of nitrogens with one attached hydrogen (secondary N) is 1. The van der Waals surface area contributed by atoms with Crippen LogP contribution in [0.1, 0.15) is 33.6 Å². The van der Waals surface area contributed by atoms with Gasteiger partial charge in [0.15, 0.2) is 0 Å². The molecule has 1 saturated heterocycles. The van der Waals surface area contributed by atoms with Crippen molar-refractivity contribution in [3.63, 3.8) is 0 Å². The molecule has 2 unspecified atom stereocenters. The molecule has 1 N–H and O–H groups in total. The van der Waals surface area contributed by atoms with Crippen molar-refractivity contribution < 1.29 is 0 Å². The zero-order chi connectivity index (χ0) is 9.84. The average Bonchev–Trinajstić information content (AvgIpc) is 2.11. The SMILES string of the molecule is CC1CCC(NC(C)C)CN(C)C1. The van der Waals surface area contributed by atoms with E-state index in [1.54, 1.807) is 0 Å². The van der Waals surface area contributed by atoms with Gasteiger partial charge in [-0.2, -0.15) is 0 Å². The van der Waals surface area contributed by atoms with Gasteiger partial charge in [-0.3, -0.25) is 0 Å². The highest BCUT2D eigenvalue weighted by molar-refractivity contribution is 4.78. The maximum absolute atomic E-state index is 3.63. The van der Waals surface area contributed by atoms with Crippen LogP contribution in [0.2, 0.25) is 0 Å². The molecule has 0 spiro atoms. The van der Waals surface area contributed by atoms with Crippen molar-refractivity contribution in [3.8, 4) is 0 Å². The van der Waals surface area contributed by atoms with E-state index in [0.29, 0.717) is 12.1 Å². The van der Waals surface area contributed by atoms with Crippen molar-refractivity contribution in [2.75, 3.05) is 20.1 Å². The minimum Gasteiger partial charge on any atom is -0.311 e. The summed E-state index contributed by atoms with van der Waals surface area (Å²) in [4.78, 5) is 2.46. The Balaban J connectivity index is 2.38. The number of likely N-dealkylation sites (tertiary alicyclic amines) is 1. The molecule has 2 heteroatoms. The largest absolute Gasteiger partial charge is 0.311 e. The normalized spacial score (nSPS) is 32.1. The minimum atomic E-state index is 0.617. The fourth-order valence-electron chi connectivity index (χ4n) is 2.26. The highest BCUT2D eigenvalue weighted by Crippen LogP contribution is 2.15. The molecule has 13 heavy (non-hydrogen) atoms. The predicted molar refractivity (Wildman–Crippen MR) is 58.0 cm³/mol. The van der Waals surface area contributed by atoms with Crippen molar-refractivity contribution in [1.82, 2.24) is 10.2 Å². The van der Waals surface area contributed by atoms with Gasteiger partial charge in [-0.25, -0.2) is 0 Å². The molecular weight excluding hydrogens is 160 g/mol. The number of rotatable bonds is 2. The van der Waals surface area contributed by atoms with Crippen LogP contribution in [0.3, 0.4) is 0 Å². The standard InChI is InChI=1S/C11H24N2/c1-9(2)12-11-6-5-10(3)7-13(4)8-11/h9-12H,5-8H2,1-4H3. The van der Waals surface area contributed by atoms with E-state index in [9.17, 15) is 0 Å². The highest BCUT2D eigenvalue weighted by atomic mass is 15.1. The van der Waals surface area contributed by atoms with E-state index in [-0.39, 0.29) is 0 Å². The second-order valence-corrected chi connectivity index (χ2v) is 4.92. The van der Waals surface area contributed by atoms with Crippen LogP contribution in [0, 0.1) is 5.92 Å². The Bertz CT molecular complexity index is 145. The molecule has 0 aromatic heterocycles. The van der Waals surface area contributed by atoms with Gasteiger partial charge < -0.3 is 10.2 Å². The maximum atomic E-state index is 3.63. The van der Waals surface area contributed by atoms with Gasteiger partial charge in [0, 0.05) is 25.2 Å². The number of likely N-dealkylation sites (N-methyl/N-ethyl adjacent to an activating group) is 1. The van der Waals surface area contributed by atoms with E-state index >= 15 is 0 Å². The van der Waals surface area contributed by atoms with Crippen LogP contribution < -0.4 is 5.32 Å². The Kier molecular flexibility index (Phi) is 4.20. The highest BCUT2D eigenvalue weighted by Gasteiger charge is 2.19. The molecule has 0 aliphatic carbocycles. The fourth-order valence-corrected chi connectivity index (χ4v) is 2.26. The summed E-state index contributed by atoms with van der Waals surface area (Å²) < 4.78 is 0. The summed E-state index contributed by atoms with van der Waals surface area (Å²) in [5.74, 6) is 0.865. The maximum Gasteiger partial charge on any atom is 0.0197 e. The first kappa shape index (κ1) is 11.0. The molecule has 1 rings (SSSR count). The Morgan fingerprint density at radius 3 is 2.54 bits per heavy atom. The summed E-state index contributed by atoms with van der Waals surface area (Å²) in [5, 5.41) is 3.63. The van der Waals surface area contributed by atoms with Crippen molar-refractivity contribution >= 4 is 0 Å². The number of hydrogen-bond donors (Lipinski definition) is 1. The molecule has 78 valence electrons. The van der Waals surface area contributed by atoms with Gasteiger partial charge >= 0.3 is 0 Å². The third kappa shape index (κ3) is 4.10. The molecule has 1 aliphatic rings. The topological polar surface area (TPSA) is 15.3 Å². The third-order valence-corrected chi connectivity index (χ3v) is 2.73. The smallest absolute Gasteiger partial charge is 0.0197 e. The molecule has 2 atom stereocenters. The lowest BCUT2D eigenvalue weighted by molar-refractivity contribution is 0.283. The van der Waals surface area contributed by atoms with Crippen LogP contribution in [-0.2, 0) is 0 Å². The third-order valence-electron chi connectivity index (χ3n) is 2.73. The van der Waals surface area contributed by atoms with Gasteiger partial charge in [0.25, 0.3) is 0 Å². The monoisotopic (exact) mass is 184 g/mol. The number of hydrogen-bond acceptors (Lipinski definition) is 2. The molecule has 0 radical (unpaired) electrons. The van der Waals surface area contributed by atoms with E-state index in [1.165, 1.54) is 25.9 Å². The van der Waals surface area contributed by atoms with Gasteiger partial charge in [-0.1, -0.05) is 20.8 Å². The zero-order valence-electron chi connectivity index (χ0n) is 9.51. The molecule has 0 aromatic carbocycles. The number of nitrogens with zero attached hydrogens (tertiary/aromatic N) is 1. The summed E-state index contributed by atoms with van der Waals surface area (Å²) in [5.41, 5.74) is 0. The van der Waals surface area contributed by atoms with Crippen LogP contribution in [0.5, 0.6) is 0 Å². The summed E-state index contributed by atoms with van der Waals surface area (Å²) >= 11 is 0. The molecule has 2 nitrogen and oxygen atoms in total. The first-order valence-corrected chi connectivity index (χ1v) is 5.52. The van der Waals surface area contributed by atoms with E-state index in [0.717, 1.165) is 5.92 Å². The summed E-state index contributed by atoms with van der Waals surface area (Å²) in [6.07, 6.45) is 2.71. The van der Waals surface area contributed by atoms with Crippen LogP contribution >= 0.6 is 0 Å². The second kappa shape index (κ2) is 4.97. The summed E-state index contributed by atoms with van der Waals surface area (Å²) in [7, 11) is 2.23. The predicted octanol–water partition coefficient (Wildman–Crippen LogP) is 1.71. The van der Waals surface area contributed by atoms with Crippen molar-refractivity contribution in [1.29, 1.82) is 0 Å². The molecule has 1 heterocycles. The van der Waals surface area contributed by atoms with Gasteiger partial charge in [-0.15, -0.1) is 0 Å². The van der Waals surface area contributed by atoms with Crippen LogP contribution in [-0.4, -0.2) is 37.1 Å². The first-order chi connectivity index (χ1) is 6.08. The van der Waals surface area contributed by atoms with Gasteiger partial charge in [0.1, 0.15) is 0 Å². The zero-order valence-corrected chi connectivity index (χ0v) is 9.51. The van der Waals surface area contributed by atoms with Gasteiger partial charge in [0.2, 0.25) is 0 Å². The van der Waals surface area contributed by atoms with Crippen molar-refractivity contribution in [2.24, 2.45) is 5.92 Å². The van der Waals surface area contributed by atoms with Crippen LogP contribution in [0.15, 0.2) is 0 Å². The van der Waals surface area contributed by atoms with E-state index < -0.39 is 0 Å². The van der Waals surface area contributed by atoms with E-state index in [2.05, 4.69) is 38.0 Å². The molecule has 0 amide bonds. The molecule has 1 fully saturated rings. The van der Waals surface area contributed by atoms with Crippen molar-refractivity contribution in [2.45, 2.75) is 45.7 Å². The molecule has 0 bridgehead atoms. The van der Waals surface area contributed by atoms with Gasteiger partial charge in [0.05, 0.1) is 0 Å². The molecular formula is C11H24N2. The average molecular weight is 184 g/mol. The molecule has 0 saturated carbocycles. The molecule has 1 aliphatic heterocycles. The van der Waals surface area contributed by atoms with Crippen LogP contribution in [0.4, 0.5) is 0 Å². The summed E-state index contributed by atoms with van der Waals surface area (Å²) in [6.45, 7) is 9.29. The quantitative estimate of drug-likeness (QED) is 0.703. The Hall–Kier alpha value is -0.0800. The molecule has 0 aromatic rings. The van der Waals surface area contributed by atoms with E-state index in [4.69, 9.17) is 0 Å². The lowest BCUT2D eigenvalue weighted by atomic mass is 10.0. The summed E-state index contributed by atoms with van der Waals surface area (Å²) in [6, 6.07) is 1.32. The van der Waals surface area contributed by atoms with Gasteiger partial charge in [-0.05, 0) is 25.8 Å².